The van der Waals surface area contributed by atoms with Gasteiger partial charge in [-0.25, -0.2) is 4.39 Å². The molecule has 24 heavy (non-hydrogen) atoms. The molecular weight excluding hydrogens is 301 g/mol. The van der Waals surface area contributed by atoms with Gasteiger partial charge in [-0.15, -0.1) is 0 Å². The zero-order valence-corrected chi connectivity index (χ0v) is 13.9. The Morgan fingerprint density at radius 3 is 2.71 bits per heavy atom. The normalized spacial score (nSPS) is 24.3. The van der Waals surface area contributed by atoms with Crippen LogP contribution in [0.25, 0.3) is 0 Å². The topological polar surface area (TPSA) is 39.1 Å². The van der Waals surface area contributed by atoms with Gasteiger partial charge in [0.1, 0.15) is 11.4 Å². The van der Waals surface area contributed by atoms with Gasteiger partial charge < -0.3 is 5.32 Å². The minimum atomic E-state index is -0.638. The Hall–Kier alpha value is -2.38. The molecule has 1 saturated heterocycles. The van der Waals surface area contributed by atoms with Gasteiger partial charge >= 0.3 is 0 Å². The Balaban J connectivity index is 1.69. The second kappa shape index (κ2) is 7.02. The molecule has 0 aliphatic carbocycles. The van der Waals surface area contributed by atoms with Crippen molar-refractivity contribution in [3.8, 4) is 6.07 Å². The predicted octanol–water partition coefficient (Wildman–Crippen LogP) is 4.18. The highest BCUT2D eigenvalue weighted by Crippen LogP contribution is 2.31. The molecule has 2 aromatic rings. The third-order valence-corrected chi connectivity index (χ3v) is 4.74. The quantitative estimate of drug-likeness (QED) is 0.917. The average Bonchev–Trinajstić information content (AvgIpc) is 2.58. The number of nitrogens with zero attached hydrogens (tertiary/aromatic N) is 2. The first-order chi connectivity index (χ1) is 11.6. The first-order valence-electron chi connectivity index (χ1n) is 8.33. The number of nitriles is 1. The van der Waals surface area contributed by atoms with Gasteiger partial charge in [0.15, 0.2) is 0 Å². The molecule has 4 heteroatoms. The number of rotatable bonds is 4. The highest BCUT2D eigenvalue weighted by Gasteiger charge is 2.38. The van der Waals surface area contributed by atoms with Crippen LogP contribution in [0.2, 0.25) is 0 Å². The molecule has 1 aliphatic rings. The molecule has 2 aromatic carbocycles. The zero-order valence-electron chi connectivity index (χ0n) is 13.9. The maximum Gasteiger partial charge on any atom is 0.128 e. The minimum absolute atomic E-state index is 0.277. The van der Waals surface area contributed by atoms with Gasteiger partial charge in [0.25, 0.3) is 0 Å². The van der Waals surface area contributed by atoms with Gasteiger partial charge in [0.2, 0.25) is 0 Å². The lowest BCUT2D eigenvalue weighted by molar-refractivity contribution is 0.126. The smallest absolute Gasteiger partial charge is 0.128 e. The van der Waals surface area contributed by atoms with E-state index in [1.54, 1.807) is 6.07 Å². The Labute approximate surface area is 142 Å². The summed E-state index contributed by atoms with van der Waals surface area (Å²) in [5.74, 6) is -0.289. The van der Waals surface area contributed by atoms with Crippen LogP contribution in [-0.4, -0.2) is 23.0 Å². The highest BCUT2D eigenvalue weighted by atomic mass is 19.1. The van der Waals surface area contributed by atoms with E-state index < -0.39 is 5.54 Å². The molecule has 124 valence electrons. The Morgan fingerprint density at radius 2 is 2.04 bits per heavy atom. The number of nitrogens with one attached hydrogen (secondary N) is 1. The standard InChI is InChI=1S/C20H22FN3/c1-16-13-20(15-22,23-19-9-5-8-18(21)12-19)10-11-24(16)14-17-6-3-2-4-7-17/h2-9,12,16,23H,10-11,13-14H2,1H3/t16-,20+/m1/s1. The summed E-state index contributed by atoms with van der Waals surface area (Å²) in [6.45, 7) is 3.89. The molecule has 0 spiro atoms. The van der Waals surface area contributed by atoms with Crippen molar-refractivity contribution < 1.29 is 4.39 Å². The van der Waals surface area contributed by atoms with Crippen LogP contribution < -0.4 is 5.32 Å². The second-order valence-corrected chi connectivity index (χ2v) is 6.59. The number of halogens is 1. The van der Waals surface area contributed by atoms with Crippen molar-refractivity contribution >= 4 is 5.69 Å². The summed E-state index contributed by atoms with van der Waals surface area (Å²) in [6, 6.07) is 19.4. The van der Waals surface area contributed by atoms with Crippen LogP contribution >= 0.6 is 0 Å². The lowest BCUT2D eigenvalue weighted by atomic mass is 9.84. The lowest BCUT2D eigenvalue weighted by Gasteiger charge is -2.42. The number of likely N-dealkylation sites (tertiary alicyclic amines) is 1. The van der Waals surface area contributed by atoms with Crippen molar-refractivity contribution in [2.24, 2.45) is 0 Å². The van der Waals surface area contributed by atoms with Crippen LogP contribution in [0.4, 0.5) is 10.1 Å². The van der Waals surface area contributed by atoms with Crippen molar-refractivity contribution in [3.63, 3.8) is 0 Å². The van der Waals surface area contributed by atoms with E-state index in [-0.39, 0.29) is 11.9 Å². The maximum absolute atomic E-state index is 13.4. The first-order valence-corrected chi connectivity index (χ1v) is 8.33. The molecular formula is C20H22FN3. The zero-order chi connectivity index (χ0) is 17.0. The third-order valence-electron chi connectivity index (χ3n) is 4.74. The molecule has 3 nitrogen and oxygen atoms in total. The average molecular weight is 323 g/mol. The SMILES string of the molecule is C[C@@H]1C[C@@](C#N)(Nc2cccc(F)c2)CCN1Cc1ccccc1. The van der Waals surface area contributed by atoms with E-state index in [0.717, 1.165) is 19.5 Å². The first kappa shape index (κ1) is 16.5. The summed E-state index contributed by atoms with van der Waals surface area (Å²) < 4.78 is 13.4. The van der Waals surface area contributed by atoms with Crippen LogP contribution in [0.1, 0.15) is 25.3 Å². The molecule has 1 N–H and O–H groups in total. The molecule has 3 rings (SSSR count). The number of benzene rings is 2. The minimum Gasteiger partial charge on any atom is -0.367 e. The number of piperidine rings is 1. The van der Waals surface area contributed by atoms with Gasteiger partial charge in [-0.3, -0.25) is 4.90 Å². The van der Waals surface area contributed by atoms with E-state index in [0.29, 0.717) is 12.1 Å². The van der Waals surface area contributed by atoms with Crippen molar-refractivity contribution in [2.75, 3.05) is 11.9 Å². The monoisotopic (exact) mass is 323 g/mol. The predicted molar refractivity (Wildman–Crippen MR) is 93.9 cm³/mol. The van der Waals surface area contributed by atoms with Crippen LogP contribution in [0.5, 0.6) is 0 Å². The fourth-order valence-corrected chi connectivity index (χ4v) is 3.43. The molecule has 0 radical (unpaired) electrons. The molecule has 0 bridgehead atoms. The number of hydrogen-bond donors (Lipinski definition) is 1. The van der Waals surface area contributed by atoms with Crippen LogP contribution in [0.15, 0.2) is 54.6 Å². The number of hydrogen-bond acceptors (Lipinski definition) is 3. The molecule has 1 heterocycles. The van der Waals surface area contributed by atoms with Gasteiger partial charge in [-0.2, -0.15) is 5.26 Å². The summed E-state index contributed by atoms with van der Waals surface area (Å²) in [5.41, 5.74) is 1.31. The van der Waals surface area contributed by atoms with Crippen molar-refractivity contribution in [2.45, 2.75) is 37.9 Å². The third kappa shape index (κ3) is 3.74. The Morgan fingerprint density at radius 1 is 1.25 bits per heavy atom. The van der Waals surface area contributed by atoms with E-state index in [1.807, 2.05) is 12.1 Å². The largest absolute Gasteiger partial charge is 0.367 e. The van der Waals surface area contributed by atoms with Crippen LogP contribution in [-0.2, 0) is 6.54 Å². The van der Waals surface area contributed by atoms with E-state index in [9.17, 15) is 9.65 Å². The Kier molecular flexibility index (Phi) is 4.82. The van der Waals surface area contributed by atoms with Crippen LogP contribution in [0.3, 0.4) is 0 Å². The van der Waals surface area contributed by atoms with E-state index >= 15 is 0 Å². The van der Waals surface area contributed by atoms with Gasteiger partial charge in [0.05, 0.1) is 6.07 Å². The molecule has 1 fully saturated rings. The van der Waals surface area contributed by atoms with E-state index in [2.05, 4.69) is 47.5 Å². The summed E-state index contributed by atoms with van der Waals surface area (Å²) in [7, 11) is 0. The summed E-state index contributed by atoms with van der Waals surface area (Å²) in [5, 5.41) is 13.0. The van der Waals surface area contributed by atoms with E-state index in [1.165, 1.54) is 17.7 Å². The second-order valence-electron chi connectivity index (χ2n) is 6.59. The maximum atomic E-state index is 13.4. The van der Waals surface area contributed by atoms with Crippen molar-refractivity contribution in [3.05, 3.63) is 66.0 Å². The molecule has 0 saturated carbocycles. The van der Waals surface area contributed by atoms with Crippen molar-refractivity contribution in [1.82, 2.24) is 4.90 Å². The number of anilines is 1. The fourth-order valence-electron chi connectivity index (χ4n) is 3.43. The van der Waals surface area contributed by atoms with Crippen molar-refractivity contribution in [1.29, 1.82) is 5.26 Å². The molecule has 1 aliphatic heterocycles. The van der Waals surface area contributed by atoms with Gasteiger partial charge in [0, 0.05) is 24.8 Å². The summed E-state index contributed by atoms with van der Waals surface area (Å²) in [4.78, 5) is 2.40. The summed E-state index contributed by atoms with van der Waals surface area (Å²) in [6.07, 6.45) is 1.43. The van der Waals surface area contributed by atoms with Gasteiger partial charge in [-0.1, -0.05) is 36.4 Å². The Bertz CT molecular complexity index is 725. The molecule has 0 amide bonds. The molecule has 0 aromatic heterocycles. The molecule has 2 atom stereocenters. The lowest BCUT2D eigenvalue weighted by Crippen LogP contribution is -2.52. The fraction of sp³-hybridized carbons (Fsp3) is 0.350. The van der Waals surface area contributed by atoms with Crippen LogP contribution in [0, 0.1) is 17.1 Å². The van der Waals surface area contributed by atoms with Gasteiger partial charge in [-0.05, 0) is 43.5 Å². The van der Waals surface area contributed by atoms with E-state index in [4.69, 9.17) is 0 Å². The highest BCUT2D eigenvalue weighted by molar-refractivity contribution is 5.48. The summed E-state index contributed by atoms with van der Waals surface area (Å²) >= 11 is 0. The molecule has 0 unspecified atom stereocenters.